The molecule has 7 rings (SSSR count). The van der Waals surface area contributed by atoms with Crippen molar-refractivity contribution >= 4 is 80.9 Å². The molecule has 0 aliphatic rings. The lowest BCUT2D eigenvalue weighted by Crippen LogP contribution is -2.30. The number of ether oxygens (including phenoxy) is 2. The van der Waals surface area contributed by atoms with Gasteiger partial charge < -0.3 is 9.47 Å². The van der Waals surface area contributed by atoms with Gasteiger partial charge in [0.15, 0.2) is 0 Å². The predicted molar refractivity (Wildman–Crippen MR) is 237 cm³/mol. The molecule has 65 heavy (non-hydrogen) atoms. The first-order valence-corrected chi connectivity index (χ1v) is 19.0. The number of nitrogens with one attached hydrogen (secondary N) is 2. The van der Waals surface area contributed by atoms with Gasteiger partial charge >= 0.3 is 23.3 Å². The van der Waals surface area contributed by atoms with Gasteiger partial charge in [0.2, 0.25) is 11.5 Å². The number of benzene rings is 7. The van der Waals surface area contributed by atoms with Crippen molar-refractivity contribution in [1.29, 1.82) is 0 Å². The van der Waals surface area contributed by atoms with Gasteiger partial charge in [0.05, 0.1) is 38.3 Å². The number of nitro benzene ring substituents is 3. The lowest BCUT2D eigenvalue weighted by molar-refractivity contribution is -0.385. The number of nitrogens with zero attached hydrogens (tertiary/aromatic N) is 5. The smallest absolute Gasteiger partial charge is 0.344 e. The summed E-state index contributed by atoms with van der Waals surface area (Å²) >= 11 is 0. The highest BCUT2D eigenvalue weighted by Crippen LogP contribution is 2.31. The Hall–Kier alpha value is -9.78. The minimum absolute atomic E-state index is 0.0837. The summed E-state index contributed by atoms with van der Waals surface area (Å²) in [6.07, 6.45) is 3.13. The van der Waals surface area contributed by atoms with Gasteiger partial charge in [0.1, 0.15) is 5.57 Å². The van der Waals surface area contributed by atoms with E-state index in [9.17, 15) is 49.5 Å². The molecule has 2 amide bonds. The van der Waals surface area contributed by atoms with Crippen LogP contribution in [-0.2, 0) is 9.59 Å². The van der Waals surface area contributed by atoms with Crippen LogP contribution in [-0.4, -0.2) is 51.0 Å². The number of carbonyl (C=O) groups is 4. The number of hydrogen-bond donors (Lipinski definition) is 2. The Labute approximate surface area is 365 Å². The Morgan fingerprint density at radius 3 is 1.34 bits per heavy atom. The number of nitro groups is 3. The van der Waals surface area contributed by atoms with Crippen LogP contribution in [0.15, 0.2) is 161 Å². The molecule has 0 atom stereocenters. The number of esters is 2. The fourth-order valence-corrected chi connectivity index (χ4v) is 6.35. The van der Waals surface area contributed by atoms with Crippen molar-refractivity contribution in [2.75, 3.05) is 0 Å². The zero-order valence-corrected chi connectivity index (χ0v) is 33.2. The summed E-state index contributed by atoms with van der Waals surface area (Å²) in [5, 5.41) is 45.5. The van der Waals surface area contributed by atoms with Gasteiger partial charge in [-0.05, 0) is 81.7 Å². The minimum atomic E-state index is -1.12. The fourth-order valence-electron chi connectivity index (χ4n) is 6.35. The topological polar surface area (TPSA) is 265 Å². The second-order valence-electron chi connectivity index (χ2n) is 13.6. The van der Waals surface area contributed by atoms with Crippen molar-refractivity contribution in [2.45, 2.75) is 0 Å². The molecule has 0 saturated heterocycles. The first kappa shape index (κ1) is 43.3. The van der Waals surface area contributed by atoms with Crippen molar-refractivity contribution in [2.24, 2.45) is 10.2 Å². The maximum Gasteiger partial charge on any atom is 0.344 e. The van der Waals surface area contributed by atoms with Crippen LogP contribution in [0.4, 0.5) is 17.1 Å². The molecule has 0 spiro atoms. The molecular formula is C46H29N7O12. The monoisotopic (exact) mass is 871 g/mol. The SMILES string of the molecule is O=C(NN=Cc1ccc(OC(=O)c2cccc3ccccc23)c([N+](=O)[O-])c1)C(=Cc1ccc([N+](=O)[O-])cc1)C(=O)NN=Cc1ccc(OC(=O)c2cccc3ccccc23)c([N+](=O)[O-])c1. The zero-order valence-electron chi connectivity index (χ0n) is 33.2. The third-order valence-corrected chi connectivity index (χ3v) is 9.45. The van der Waals surface area contributed by atoms with Gasteiger partial charge in [-0.25, -0.2) is 20.4 Å². The molecule has 0 heterocycles. The van der Waals surface area contributed by atoms with E-state index in [1.807, 2.05) is 0 Å². The van der Waals surface area contributed by atoms with Crippen LogP contribution >= 0.6 is 0 Å². The van der Waals surface area contributed by atoms with Crippen LogP contribution < -0.4 is 20.3 Å². The largest absolute Gasteiger partial charge is 0.416 e. The van der Waals surface area contributed by atoms with Crippen molar-refractivity contribution in [3.8, 4) is 11.5 Å². The molecule has 19 heteroatoms. The van der Waals surface area contributed by atoms with E-state index in [1.54, 1.807) is 72.8 Å². The summed E-state index contributed by atoms with van der Waals surface area (Å²) < 4.78 is 10.8. The molecule has 320 valence electrons. The van der Waals surface area contributed by atoms with Crippen molar-refractivity contribution in [3.05, 3.63) is 209 Å². The van der Waals surface area contributed by atoms with Crippen LogP contribution in [0.5, 0.6) is 11.5 Å². The summed E-state index contributed by atoms with van der Waals surface area (Å²) in [6.45, 7) is 0. The minimum Gasteiger partial charge on any atom is -0.416 e. The molecular weight excluding hydrogens is 843 g/mol. The second kappa shape index (κ2) is 19.3. The van der Waals surface area contributed by atoms with E-state index in [2.05, 4.69) is 21.1 Å². The second-order valence-corrected chi connectivity index (χ2v) is 13.6. The average Bonchev–Trinajstić information content (AvgIpc) is 3.31. The first-order valence-electron chi connectivity index (χ1n) is 19.0. The fraction of sp³-hybridized carbons (Fsp3) is 0. The zero-order chi connectivity index (χ0) is 46.0. The molecule has 7 aromatic rings. The first-order chi connectivity index (χ1) is 31.4. The number of fused-ring (bicyclic) bond motifs is 2. The average molecular weight is 872 g/mol. The maximum absolute atomic E-state index is 13.4. The van der Waals surface area contributed by atoms with Gasteiger partial charge in [-0.3, -0.25) is 39.9 Å². The number of hydrogen-bond acceptors (Lipinski definition) is 14. The predicted octanol–water partition coefficient (Wildman–Crippen LogP) is 7.84. The number of carbonyl (C=O) groups excluding carboxylic acids is 4. The number of rotatable bonds is 14. The third-order valence-electron chi connectivity index (χ3n) is 9.45. The van der Waals surface area contributed by atoms with Crippen LogP contribution in [0, 0.1) is 30.3 Å². The standard InChI is InChI=1S/C46H29N7O12/c54-43(49-47-26-29-17-21-41(39(24-29)52(60)61)64-45(56)36-13-5-9-31-7-1-3-11-34(31)36)38(23-28-15-19-33(20-16-28)51(58)59)44(55)50-48-27-30-18-22-42(40(25-30)53(62)63)65-46(57)37-14-6-10-32-8-2-4-12-35(32)37/h1-27H,(H,49,54)(H,50,55). The molecule has 0 aliphatic carbocycles. The number of hydrazone groups is 2. The Morgan fingerprint density at radius 1 is 0.492 bits per heavy atom. The highest BCUT2D eigenvalue weighted by Gasteiger charge is 2.23. The van der Waals surface area contributed by atoms with Crippen LogP contribution in [0.2, 0.25) is 0 Å². The molecule has 0 radical (unpaired) electrons. The van der Waals surface area contributed by atoms with E-state index in [0.717, 1.165) is 53.5 Å². The van der Waals surface area contributed by atoms with Crippen LogP contribution in [0.1, 0.15) is 37.4 Å². The van der Waals surface area contributed by atoms with Crippen LogP contribution in [0.25, 0.3) is 27.6 Å². The van der Waals surface area contributed by atoms with Gasteiger partial charge in [0.25, 0.3) is 17.5 Å². The summed E-state index contributed by atoms with van der Waals surface area (Å²) in [6, 6.07) is 36.0. The summed E-state index contributed by atoms with van der Waals surface area (Å²) in [5.41, 5.74) is 2.94. The van der Waals surface area contributed by atoms with Gasteiger partial charge in [-0.1, -0.05) is 72.8 Å². The van der Waals surface area contributed by atoms with Crippen molar-refractivity contribution < 1.29 is 43.4 Å². The van der Waals surface area contributed by atoms with E-state index in [-0.39, 0.29) is 45.0 Å². The molecule has 0 aromatic heterocycles. The van der Waals surface area contributed by atoms with Gasteiger partial charge in [-0.2, -0.15) is 10.2 Å². The number of non-ortho nitro benzene ring substituents is 1. The van der Waals surface area contributed by atoms with E-state index >= 15 is 0 Å². The molecule has 19 nitrogen and oxygen atoms in total. The van der Waals surface area contributed by atoms with E-state index < -0.39 is 55.5 Å². The van der Waals surface area contributed by atoms with E-state index in [4.69, 9.17) is 9.47 Å². The normalized spacial score (nSPS) is 11.0. The lowest BCUT2D eigenvalue weighted by atomic mass is 10.0. The maximum atomic E-state index is 13.4. The molecule has 0 aliphatic heterocycles. The highest BCUT2D eigenvalue weighted by atomic mass is 16.6. The Kier molecular flexibility index (Phi) is 12.9. The van der Waals surface area contributed by atoms with Gasteiger partial charge in [-0.15, -0.1) is 0 Å². The summed E-state index contributed by atoms with van der Waals surface area (Å²) in [4.78, 5) is 85.9. The van der Waals surface area contributed by atoms with Crippen molar-refractivity contribution in [1.82, 2.24) is 10.9 Å². The van der Waals surface area contributed by atoms with E-state index in [0.29, 0.717) is 10.8 Å². The molecule has 7 aromatic carbocycles. The molecule has 0 unspecified atom stereocenters. The van der Waals surface area contributed by atoms with Crippen LogP contribution in [0.3, 0.4) is 0 Å². The molecule has 2 N–H and O–H groups in total. The van der Waals surface area contributed by atoms with E-state index in [1.165, 1.54) is 48.5 Å². The molecule has 0 saturated carbocycles. The lowest BCUT2D eigenvalue weighted by Gasteiger charge is -2.08. The molecule has 0 bridgehead atoms. The quantitative estimate of drug-likeness (QED) is 0.0155. The Bertz CT molecular complexity index is 2990. The van der Waals surface area contributed by atoms with Crippen molar-refractivity contribution in [3.63, 3.8) is 0 Å². The third kappa shape index (κ3) is 10.2. The highest BCUT2D eigenvalue weighted by molar-refractivity contribution is 6.21. The van der Waals surface area contributed by atoms with Gasteiger partial charge in [0, 0.05) is 35.4 Å². The number of amides is 2. The Balaban J connectivity index is 1.06. The molecule has 0 fully saturated rings. The Morgan fingerprint density at radius 2 is 0.908 bits per heavy atom. The summed E-state index contributed by atoms with van der Waals surface area (Å²) in [7, 11) is 0. The summed E-state index contributed by atoms with van der Waals surface area (Å²) in [5.74, 6) is -4.60.